The average Bonchev–Trinajstić information content (AvgIpc) is 3.19. The molecule has 1 aromatic carbocycles. The summed E-state index contributed by atoms with van der Waals surface area (Å²) in [5.74, 6) is -1.25. The van der Waals surface area contributed by atoms with Crippen molar-refractivity contribution >= 4 is 29.2 Å². The summed E-state index contributed by atoms with van der Waals surface area (Å²) in [5.41, 5.74) is 12.9. The van der Waals surface area contributed by atoms with E-state index in [0.717, 1.165) is 18.9 Å². The summed E-state index contributed by atoms with van der Waals surface area (Å²) in [6, 6.07) is 7.39. The molecule has 1 aliphatic heterocycles. The van der Waals surface area contributed by atoms with Crippen LogP contribution in [-0.4, -0.2) is 44.6 Å². The number of nitrogens with two attached hydrogens (primary N) is 2. The molecular weight excluding hydrogens is 475 g/mol. The number of hydrogen-bond donors (Lipinski definition) is 2. The Morgan fingerprint density at radius 3 is 2.69 bits per heavy atom. The zero-order valence-electron chi connectivity index (χ0n) is 18.9. The van der Waals surface area contributed by atoms with Crippen molar-refractivity contribution in [1.29, 1.82) is 0 Å². The lowest BCUT2D eigenvalue weighted by Crippen LogP contribution is -2.40. The molecule has 2 aromatic heterocycles. The van der Waals surface area contributed by atoms with Crippen LogP contribution in [0.25, 0.3) is 11.3 Å². The first-order valence-corrected chi connectivity index (χ1v) is 11.3. The zero-order chi connectivity index (χ0) is 25.1. The Bertz CT molecular complexity index is 1290. The SMILES string of the molecule is C/C=C/C(=O)N1CCC[C@@H](n2nc(-c3ccc(Oc4ncc(Cl)cc4F)cc3)c(C(N)=O)c2N)C1. The minimum Gasteiger partial charge on any atom is -0.436 e. The number of hydrogen-bond acceptors (Lipinski definition) is 6. The van der Waals surface area contributed by atoms with E-state index in [9.17, 15) is 14.0 Å². The number of nitrogens with zero attached hydrogens (tertiary/aromatic N) is 4. The Kier molecular flexibility index (Phi) is 7.02. The van der Waals surface area contributed by atoms with Crippen molar-refractivity contribution in [2.45, 2.75) is 25.8 Å². The largest absolute Gasteiger partial charge is 0.436 e. The van der Waals surface area contributed by atoms with Gasteiger partial charge in [0.2, 0.25) is 5.91 Å². The van der Waals surface area contributed by atoms with Crippen molar-refractivity contribution in [3.63, 3.8) is 0 Å². The molecule has 0 unspecified atom stereocenters. The second-order valence-corrected chi connectivity index (χ2v) is 8.50. The normalized spacial score (nSPS) is 16.0. The molecule has 0 bridgehead atoms. The van der Waals surface area contributed by atoms with E-state index in [-0.39, 0.29) is 34.2 Å². The topological polar surface area (TPSA) is 129 Å². The highest BCUT2D eigenvalue weighted by atomic mass is 35.5. The number of piperidine rings is 1. The third-order valence-corrected chi connectivity index (χ3v) is 5.88. The number of carbonyl (C=O) groups is 2. The Labute approximate surface area is 206 Å². The smallest absolute Gasteiger partial charge is 0.255 e. The lowest BCUT2D eigenvalue weighted by molar-refractivity contribution is -0.127. The van der Waals surface area contributed by atoms with Gasteiger partial charge in [-0.2, -0.15) is 5.10 Å². The molecule has 3 aromatic rings. The summed E-state index contributed by atoms with van der Waals surface area (Å²) in [5, 5.41) is 4.77. The summed E-state index contributed by atoms with van der Waals surface area (Å²) < 4.78 is 21.0. The van der Waals surface area contributed by atoms with E-state index >= 15 is 0 Å². The third-order valence-electron chi connectivity index (χ3n) is 5.67. The van der Waals surface area contributed by atoms with E-state index in [0.29, 0.717) is 30.1 Å². The number of likely N-dealkylation sites (tertiary alicyclic amines) is 1. The van der Waals surface area contributed by atoms with Gasteiger partial charge >= 0.3 is 0 Å². The predicted octanol–water partition coefficient (Wildman–Crippen LogP) is 3.95. The number of primary amides is 1. The molecule has 0 saturated carbocycles. The molecule has 3 heterocycles. The maximum absolute atomic E-state index is 14.0. The molecular formula is C24H24ClFN6O3. The maximum atomic E-state index is 14.0. The van der Waals surface area contributed by atoms with E-state index in [4.69, 9.17) is 27.8 Å². The minimum absolute atomic E-state index is 0.0829. The van der Waals surface area contributed by atoms with Crippen molar-refractivity contribution in [2.24, 2.45) is 5.73 Å². The zero-order valence-corrected chi connectivity index (χ0v) is 19.7. The van der Waals surface area contributed by atoms with Gasteiger partial charge in [0, 0.05) is 24.8 Å². The molecule has 1 saturated heterocycles. The first kappa shape index (κ1) is 24.2. The maximum Gasteiger partial charge on any atom is 0.255 e. The van der Waals surface area contributed by atoms with Crippen LogP contribution in [0.4, 0.5) is 10.2 Å². The number of carbonyl (C=O) groups excluding carboxylic acids is 2. The number of ether oxygens (including phenoxy) is 1. The van der Waals surface area contributed by atoms with E-state index in [1.165, 1.54) is 12.3 Å². The minimum atomic E-state index is -0.714. The Balaban J connectivity index is 1.62. The predicted molar refractivity (Wildman–Crippen MR) is 130 cm³/mol. The van der Waals surface area contributed by atoms with Gasteiger partial charge in [-0.3, -0.25) is 9.59 Å². The standard InChI is InChI=1S/C24H24ClFN6O3/c1-2-4-19(33)31-10-3-5-16(13-31)32-22(27)20(23(28)34)21(30-32)14-6-8-17(9-7-14)35-24-18(26)11-15(25)12-29-24/h2,4,6-9,11-12,16H,3,5,10,13,27H2,1H3,(H2,28,34)/b4-2+/t16-/m1/s1. The molecule has 2 amide bonds. The van der Waals surface area contributed by atoms with Crippen molar-refractivity contribution in [2.75, 3.05) is 18.8 Å². The van der Waals surface area contributed by atoms with Crippen LogP contribution in [0.1, 0.15) is 36.2 Å². The number of benzene rings is 1. The van der Waals surface area contributed by atoms with Crippen LogP contribution in [0.3, 0.4) is 0 Å². The number of rotatable bonds is 6. The summed E-state index contributed by atoms with van der Waals surface area (Å²) in [6.07, 6.45) is 6.01. The molecule has 1 aliphatic rings. The van der Waals surface area contributed by atoms with E-state index < -0.39 is 11.7 Å². The van der Waals surface area contributed by atoms with Crippen LogP contribution in [0.2, 0.25) is 5.02 Å². The lowest BCUT2D eigenvalue weighted by atomic mass is 10.1. The highest BCUT2D eigenvalue weighted by Crippen LogP contribution is 2.33. The molecule has 9 nitrogen and oxygen atoms in total. The highest BCUT2D eigenvalue weighted by molar-refractivity contribution is 6.30. The van der Waals surface area contributed by atoms with Gasteiger partial charge in [0.05, 0.1) is 11.1 Å². The molecule has 35 heavy (non-hydrogen) atoms. The summed E-state index contributed by atoms with van der Waals surface area (Å²) >= 11 is 5.72. The van der Waals surface area contributed by atoms with E-state index in [1.807, 2.05) is 0 Å². The molecule has 0 spiro atoms. The van der Waals surface area contributed by atoms with Gasteiger partial charge in [-0.25, -0.2) is 14.1 Å². The van der Waals surface area contributed by atoms with E-state index in [2.05, 4.69) is 10.1 Å². The molecule has 182 valence electrons. The van der Waals surface area contributed by atoms with Crippen molar-refractivity contribution in [3.8, 4) is 22.9 Å². The van der Waals surface area contributed by atoms with Crippen LogP contribution in [-0.2, 0) is 4.79 Å². The first-order chi connectivity index (χ1) is 16.8. The lowest BCUT2D eigenvalue weighted by Gasteiger charge is -2.32. The van der Waals surface area contributed by atoms with Crippen LogP contribution < -0.4 is 16.2 Å². The van der Waals surface area contributed by atoms with Gasteiger partial charge in [-0.15, -0.1) is 0 Å². The molecule has 1 atom stereocenters. The second kappa shape index (κ2) is 10.1. The van der Waals surface area contributed by atoms with Gasteiger partial charge < -0.3 is 21.1 Å². The summed E-state index contributed by atoms with van der Waals surface area (Å²) in [4.78, 5) is 30.2. The van der Waals surface area contributed by atoms with Crippen LogP contribution in [0.5, 0.6) is 11.6 Å². The van der Waals surface area contributed by atoms with E-state index in [1.54, 1.807) is 46.8 Å². The Morgan fingerprint density at radius 1 is 1.29 bits per heavy atom. The number of nitrogen functional groups attached to an aromatic ring is 1. The molecule has 11 heteroatoms. The van der Waals surface area contributed by atoms with Crippen molar-refractivity contribution < 1.29 is 18.7 Å². The molecule has 0 radical (unpaired) electrons. The Hall–Kier alpha value is -3.92. The summed E-state index contributed by atoms with van der Waals surface area (Å²) in [6.45, 7) is 2.84. The number of pyridine rings is 1. The fourth-order valence-electron chi connectivity index (χ4n) is 4.04. The molecule has 1 fully saturated rings. The van der Waals surface area contributed by atoms with Crippen LogP contribution in [0, 0.1) is 5.82 Å². The van der Waals surface area contributed by atoms with Gasteiger partial charge in [0.25, 0.3) is 11.8 Å². The Morgan fingerprint density at radius 2 is 2.03 bits per heavy atom. The number of halogens is 2. The van der Waals surface area contributed by atoms with Crippen LogP contribution >= 0.6 is 11.6 Å². The number of aromatic nitrogens is 3. The molecule has 0 aliphatic carbocycles. The quantitative estimate of drug-likeness (QED) is 0.495. The monoisotopic (exact) mass is 498 g/mol. The van der Waals surface area contributed by atoms with Crippen LogP contribution in [0.15, 0.2) is 48.7 Å². The number of allylic oxidation sites excluding steroid dienone is 1. The van der Waals surface area contributed by atoms with Gasteiger partial charge in [-0.05, 0) is 56.2 Å². The third kappa shape index (κ3) is 5.12. The average molecular weight is 499 g/mol. The second-order valence-electron chi connectivity index (χ2n) is 8.06. The number of anilines is 1. The molecule has 4 rings (SSSR count). The highest BCUT2D eigenvalue weighted by Gasteiger charge is 2.29. The van der Waals surface area contributed by atoms with Crippen molar-refractivity contribution in [1.82, 2.24) is 19.7 Å². The fraction of sp³-hybridized carbons (Fsp3) is 0.250. The van der Waals surface area contributed by atoms with Gasteiger partial charge in [0.1, 0.15) is 22.8 Å². The molecule has 4 N–H and O–H groups in total. The summed E-state index contributed by atoms with van der Waals surface area (Å²) in [7, 11) is 0. The van der Waals surface area contributed by atoms with Gasteiger partial charge in [-0.1, -0.05) is 17.7 Å². The first-order valence-electron chi connectivity index (χ1n) is 11.0. The van der Waals surface area contributed by atoms with Crippen molar-refractivity contribution in [3.05, 3.63) is 65.1 Å². The van der Waals surface area contributed by atoms with Gasteiger partial charge in [0.15, 0.2) is 5.82 Å². The fourth-order valence-corrected chi connectivity index (χ4v) is 4.19. The number of amides is 2.